The first-order valence-corrected chi connectivity index (χ1v) is 13.7. The van der Waals surface area contributed by atoms with E-state index in [-0.39, 0.29) is 48.3 Å². The van der Waals surface area contributed by atoms with Crippen molar-refractivity contribution in [3.8, 4) is 0 Å². The summed E-state index contributed by atoms with van der Waals surface area (Å²) in [4.78, 5) is 28.7. The summed E-state index contributed by atoms with van der Waals surface area (Å²) in [5, 5.41) is 19.9. The smallest absolute Gasteiger partial charge is 0.455 e. The first-order chi connectivity index (χ1) is 17.4. The number of allylic oxidation sites excluding steroid dienone is 2. The molecule has 1 aromatic rings. The summed E-state index contributed by atoms with van der Waals surface area (Å²) >= 11 is 0. The Morgan fingerprint density at radius 2 is 1.94 bits per heavy atom. The molecule has 36 heavy (non-hydrogen) atoms. The van der Waals surface area contributed by atoms with Crippen molar-refractivity contribution in [3.05, 3.63) is 40.4 Å². The third-order valence-corrected chi connectivity index (χ3v) is 8.79. The lowest BCUT2D eigenvalue weighted by molar-refractivity contribution is -0.143. The van der Waals surface area contributed by atoms with Crippen LogP contribution in [0.15, 0.2) is 33.3 Å². The van der Waals surface area contributed by atoms with Crippen molar-refractivity contribution in [2.45, 2.75) is 96.7 Å². The first-order valence-electron chi connectivity index (χ1n) is 13.7. The van der Waals surface area contributed by atoms with Crippen LogP contribution in [0.2, 0.25) is 6.32 Å². The number of hydrogen-bond acceptors (Lipinski definition) is 6. The number of carbonyl (C=O) groups is 2. The number of nitrogens with zero attached hydrogens (tertiary/aromatic N) is 1. The van der Waals surface area contributed by atoms with Crippen molar-refractivity contribution >= 4 is 25.0 Å². The minimum atomic E-state index is -0.937. The second-order valence-corrected chi connectivity index (χ2v) is 11.0. The van der Waals surface area contributed by atoms with E-state index in [1.54, 1.807) is 11.0 Å². The maximum atomic E-state index is 13.7. The van der Waals surface area contributed by atoms with E-state index in [1.165, 1.54) is 12.0 Å². The van der Waals surface area contributed by atoms with Crippen LogP contribution in [0.5, 0.6) is 0 Å². The standard InChI is InChI=1S/C28H38BNO6/c1-3-18(14-20-10-11-21(16-31)35-20)9-12-24-25-17(2)13-22-26(23(25)15-29(34)36-24)28(33)30(27(22)32)19-7-5-4-6-8-19/h10-11,14,19,22-24,26,31,34H,3-9,12-13,15-16H2,1-2H3/b18-14+/t22-,23+,24-,26-/m1/s1. The third kappa shape index (κ3) is 4.75. The van der Waals surface area contributed by atoms with E-state index in [9.17, 15) is 19.7 Å². The Hall–Kier alpha value is -2.16. The van der Waals surface area contributed by atoms with Crippen molar-refractivity contribution in [1.29, 1.82) is 0 Å². The molecule has 0 unspecified atom stereocenters. The third-order valence-electron chi connectivity index (χ3n) is 8.79. The van der Waals surface area contributed by atoms with E-state index in [0.717, 1.165) is 49.7 Å². The second kappa shape index (κ2) is 10.7. The molecule has 8 heteroatoms. The lowest BCUT2D eigenvalue weighted by atomic mass is 9.58. The fourth-order valence-electron chi connectivity index (χ4n) is 7.07. The molecule has 7 nitrogen and oxygen atoms in total. The van der Waals surface area contributed by atoms with Gasteiger partial charge in [0.15, 0.2) is 0 Å². The second-order valence-electron chi connectivity index (χ2n) is 11.0. The molecule has 2 aliphatic heterocycles. The van der Waals surface area contributed by atoms with E-state index in [0.29, 0.717) is 30.7 Å². The van der Waals surface area contributed by atoms with E-state index in [2.05, 4.69) is 13.8 Å². The number of aliphatic hydroxyl groups is 1. The van der Waals surface area contributed by atoms with Gasteiger partial charge in [-0.25, -0.2) is 0 Å². The zero-order valence-electron chi connectivity index (χ0n) is 21.4. The van der Waals surface area contributed by atoms with Crippen LogP contribution in [-0.4, -0.2) is 46.1 Å². The van der Waals surface area contributed by atoms with Crippen LogP contribution in [0.25, 0.3) is 6.08 Å². The molecule has 2 saturated heterocycles. The van der Waals surface area contributed by atoms with Crippen LogP contribution >= 0.6 is 0 Å². The highest BCUT2D eigenvalue weighted by Gasteiger charge is 2.57. The summed E-state index contributed by atoms with van der Waals surface area (Å²) in [5.74, 6) is 0.413. The molecule has 1 saturated carbocycles. The van der Waals surface area contributed by atoms with Gasteiger partial charge in [-0.1, -0.05) is 37.3 Å². The number of carbonyl (C=O) groups excluding carboxylic acids is 2. The van der Waals surface area contributed by atoms with Gasteiger partial charge < -0.3 is 19.2 Å². The van der Waals surface area contributed by atoms with Crippen molar-refractivity contribution in [2.24, 2.45) is 17.8 Å². The Morgan fingerprint density at radius 3 is 2.64 bits per heavy atom. The average Bonchev–Trinajstić information content (AvgIpc) is 3.43. The van der Waals surface area contributed by atoms with E-state index < -0.39 is 7.12 Å². The molecular weight excluding hydrogens is 457 g/mol. The van der Waals surface area contributed by atoms with Gasteiger partial charge in [0.1, 0.15) is 18.1 Å². The van der Waals surface area contributed by atoms with Gasteiger partial charge >= 0.3 is 7.12 Å². The molecule has 5 rings (SSSR count). The SMILES string of the molecule is CC/C(=C\c1ccc(CO)o1)CC[C@H]1OB(O)C[C@H]2C1=C(C)C[C@H]1C(=O)N(C3CCCCC3)C(=O)[C@H]12. The highest BCUT2D eigenvalue weighted by atomic mass is 16.5. The van der Waals surface area contributed by atoms with Crippen LogP contribution < -0.4 is 0 Å². The highest BCUT2D eigenvalue weighted by Crippen LogP contribution is 2.51. The highest BCUT2D eigenvalue weighted by molar-refractivity contribution is 6.43. The number of fused-ring (bicyclic) bond motifs is 3. The summed E-state index contributed by atoms with van der Waals surface area (Å²) in [6.45, 7) is 4.04. The van der Waals surface area contributed by atoms with Gasteiger partial charge in [-0.2, -0.15) is 0 Å². The van der Waals surface area contributed by atoms with Crippen LogP contribution in [0.1, 0.15) is 83.2 Å². The van der Waals surface area contributed by atoms with Crippen LogP contribution in [0.3, 0.4) is 0 Å². The van der Waals surface area contributed by atoms with E-state index in [1.807, 2.05) is 12.1 Å². The molecule has 0 bridgehead atoms. The molecule has 1 aromatic heterocycles. The Bertz CT molecular complexity index is 1050. The maximum absolute atomic E-state index is 13.7. The molecule has 0 aromatic carbocycles. The summed E-state index contributed by atoms with van der Waals surface area (Å²) < 4.78 is 11.7. The predicted molar refractivity (Wildman–Crippen MR) is 136 cm³/mol. The summed E-state index contributed by atoms with van der Waals surface area (Å²) in [6.07, 6.45) is 10.2. The Balaban J connectivity index is 1.35. The van der Waals surface area contributed by atoms with Gasteiger partial charge in [0.25, 0.3) is 0 Å². The van der Waals surface area contributed by atoms with E-state index in [4.69, 9.17) is 9.07 Å². The van der Waals surface area contributed by atoms with Crippen molar-refractivity contribution in [1.82, 2.24) is 4.90 Å². The summed E-state index contributed by atoms with van der Waals surface area (Å²) in [6, 6.07) is 3.67. The zero-order chi connectivity index (χ0) is 25.4. The number of amides is 2. The fraction of sp³-hybridized carbons (Fsp3) is 0.643. The monoisotopic (exact) mass is 495 g/mol. The van der Waals surface area contributed by atoms with Crippen LogP contribution in [-0.2, 0) is 20.9 Å². The number of rotatable bonds is 7. The molecular formula is C28H38BNO6. The maximum Gasteiger partial charge on any atom is 0.455 e. The lowest BCUT2D eigenvalue weighted by Gasteiger charge is -2.42. The van der Waals surface area contributed by atoms with Crippen LogP contribution in [0.4, 0.5) is 0 Å². The first kappa shape index (κ1) is 25.5. The normalized spacial score (nSPS) is 29.7. The number of likely N-dealkylation sites (tertiary alicyclic amines) is 1. The number of imide groups is 1. The molecule has 4 atom stereocenters. The molecule has 2 N–H and O–H groups in total. The zero-order valence-corrected chi connectivity index (χ0v) is 21.4. The number of hydrogen-bond donors (Lipinski definition) is 2. The Morgan fingerprint density at radius 1 is 1.17 bits per heavy atom. The molecule has 0 radical (unpaired) electrons. The van der Waals surface area contributed by atoms with Gasteiger partial charge in [-0.3, -0.25) is 14.5 Å². The molecule has 2 aliphatic carbocycles. The summed E-state index contributed by atoms with van der Waals surface area (Å²) in [5.41, 5.74) is 3.46. The molecule has 4 aliphatic rings. The van der Waals surface area contributed by atoms with Crippen molar-refractivity contribution in [2.75, 3.05) is 0 Å². The predicted octanol–water partition coefficient (Wildman–Crippen LogP) is 4.50. The quantitative estimate of drug-likeness (QED) is 0.328. The molecule has 2 amide bonds. The largest absolute Gasteiger partial charge is 0.459 e. The Kier molecular flexibility index (Phi) is 7.56. The molecule has 0 spiro atoms. The van der Waals surface area contributed by atoms with Gasteiger partial charge in [0, 0.05) is 6.04 Å². The Labute approximate surface area is 213 Å². The van der Waals surface area contributed by atoms with Gasteiger partial charge in [0.05, 0.1) is 17.9 Å². The average molecular weight is 495 g/mol. The van der Waals surface area contributed by atoms with Crippen molar-refractivity contribution < 1.29 is 28.8 Å². The minimum absolute atomic E-state index is 0.00438. The van der Waals surface area contributed by atoms with E-state index >= 15 is 0 Å². The molecule has 3 heterocycles. The topological polar surface area (TPSA) is 100 Å². The minimum Gasteiger partial charge on any atom is -0.459 e. The fourth-order valence-corrected chi connectivity index (χ4v) is 7.07. The van der Waals surface area contributed by atoms with Crippen molar-refractivity contribution in [3.63, 3.8) is 0 Å². The van der Waals surface area contributed by atoms with Gasteiger partial charge in [-0.15, -0.1) is 0 Å². The van der Waals surface area contributed by atoms with Crippen LogP contribution in [0, 0.1) is 17.8 Å². The molecule has 3 fully saturated rings. The number of aliphatic hydroxyl groups excluding tert-OH is 1. The number of furan rings is 1. The van der Waals surface area contributed by atoms with Gasteiger partial charge in [0.2, 0.25) is 11.8 Å². The summed E-state index contributed by atoms with van der Waals surface area (Å²) in [7, 11) is -0.937. The lowest BCUT2D eigenvalue weighted by Crippen LogP contribution is -2.46. The van der Waals surface area contributed by atoms with Gasteiger partial charge in [-0.05, 0) is 81.5 Å². The molecule has 194 valence electrons.